The number of nitrogens with one attached hydrogen (secondary N) is 2. The first-order chi connectivity index (χ1) is 5.47. The van der Waals surface area contributed by atoms with Crippen molar-refractivity contribution in [3.63, 3.8) is 0 Å². The quantitative estimate of drug-likeness (QED) is 0.752. The second-order valence-electron chi connectivity index (χ2n) is 2.94. The first-order valence-corrected chi connectivity index (χ1v) is 4.03. The van der Waals surface area contributed by atoms with Crippen LogP contribution in [0.2, 0.25) is 0 Å². The van der Waals surface area contributed by atoms with Crippen molar-refractivity contribution in [2.24, 2.45) is 0 Å². The van der Waals surface area contributed by atoms with E-state index in [0.717, 1.165) is 18.8 Å². The molecule has 1 aliphatic rings. The highest BCUT2D eigenvalue weighted by Crippen LogP contribution is 2.19. The Hall–Kier alpha value is -0.320. The molecule has 1 aromatic heterocycles. The number of halogens is 2. The van der Waals surface area contributed by atoms with Crippen LogP contribution >= 0.6 is 24.8 Å². The van der Waals surface area contributed by atoms with E-state index in [0.29, 0.717) is 5.92 Å². The third kappa shape index (κ3) is 3.14. The Morgan fingerprint density at radius 3 is 2.77 bits per heavy atom. The summed E-state index contributed by atoms with van der Waals surface area (Å²) < 4.78 is 0. The fourth-order valence-corrected chi connectivity index (χ4v) is 1.51. The van der Waals surface area contributed by atoms with Gasteiger partial charge in [-0.3, -0.25) is 0 Å². The summed E-state index contributed by atoms with van der Waals surface area (Å²) in [6.45, 7) is 2.20. The third-order valence-corrected chi connectivity index (χ3v) is 2.15. The zero-order valence-corrected chi connectivity index (χ0v) is 8.83. The van der Waals surface area contributed by atoms with E-state index in [1.54, 1.807) is 0 Å². The topological polar surface area (TPSA) is 53.6 Å². The second-order valence-corrected chi connectivity index (χ2v) is 2.94. The summed E-state index contributed by atoms with van der Waals surface area (Å²) in [6.07, 6.45) is 4.30. The van der Waals surface area contributed by atoms with Gasteiger partial charge in [0.2, 0.25) is 0 Å². The number of hydrogen-bond acceptors (Lipinski definition) is 3. The van der Waals surface area contributed by atoms with Crippen molar-refractivity contribution in [1.29, 1.82) is 0 Å². The maximum Gasteiger partial charge on any atom is 0.0868 e. The first-order valence-electron chi connectivity index (χ1n) is 4.03. The molecule has 2 N–H and O–H groups in total. The highest BCUT2D eigenvalue weighted by Gasteiger charge is 2.16. The standard InChI is InChI=1S/C7H12N4.2ClH/c1-2-6(4-8-3-1)7-5-9-11-10-7;;/h5-6,8H,1-4H2,(H,9,10,11);2*1H. The highest BCUT2D eigenvalue weighted by molar-refractivity contribution is 5.85. The lowest BCUT2D eigenvalue weighted by Gasteiger charge is -2.20. The molecule has 76 valence electrons. The van der Waals surface area contributed by atoms with Crippen LogP contribution in [-0.4, -0.2) is 28.5 Å². The van der Waals surface area contributed by atoms with E-state index in [1.807, 2.05) is 6.20 Å². The minimum Gasteiger partial charge on any atom is -0.316 e. The molecule has 1 fully saturated rings. The number of aromatic nitrogens is 3. The van der Waals surface area contributed by atoms with E-state index in [-0.39, 0.29) is 24.8 Å². The van der Waals surface area contributed by atoms with Crippen molar-refractivity contribution < 1.29 is 0 Å². The Morgan fingerprint density at radius 2 is 2.23 bits per heavy atom. The second kappa shape index (κ2) is 6.18. The Kier molecular flexibility index (Phi) is 6.03. The molecule has 1 aliphatic heterocycles. The fourth-order valence-electron chi connectivity index (χ4n) is 1.51. The van der Waals surface area contributed by atoms with Crippen LogP contribution in [0.25, 0.3) is 0 Å². The maximum atomic E-state index is 4.06. The van der Waals surface area contributed by atoms with Crippen molar-refractivity contribution in [2.75, 3.05) is 13.1 Å². The van der Waals surface area contributed by atoms with Gasteiger partial charge in [-0.1, -0.05) is 0 Å². The third-order valence-electron chi connectivity index (χ3n) is 2.15. The molecule has 6 heteroatoms. The van der Waals surface area contributed by atoms with Crippen molar-refractivity contribution in [3.8, 4) is 0 Å². The SMILES string of the molecule is Cl.Cl.c1n[nH]nc1C1CCCNC1. The van der Waals surface area contributed by atoms with Gasteiger partial charge in [0.15, 0.2) is 0 Å². The van der Waals surface area contributed by atoms with Gasteiger partial charge in [0.05, 0.1) is 11.9 Å². The zero-order chi connectivity index (χ0) is 7.52. The molecule has 13 heavy (non-hydrogen) atoms. The lowest BCUT2D eigenvalue weighted by atomic mass is 9.97. The Labute approximate surface area is 89.7 Å². The average Bonchev–Trinajstić information content (AvgIpc) is 2.58. The molecular formula is C7H14Cl2N4. The van der Waals surface area contributed by atoms with Gasteiger partial charge in [0.25, 0.3) is 0 Å². The van der Waals surface area contributed by atoms with Crippen LogP contribution in [0.3, 0.4) is 0 Å². The zero-order valence-electron chi connectivity index (χ0n) is 7.19. The molecular weight excluding hydrogens is 211 g/mol. The molecule has 2 heterocycles. The van der Waals surface area contributed by atoms with E-state index in [9.17, 15) is 0 Å². The van der Waals surface area contributed by atoms with Crippen molar-refractivity contribution >= 4 is 24.8 Å². The molecule has 2 rings (SSSR count). The Balaban J connectivity index is 0.000000720. The van der Waals surface area contributed by atoms with Gasteiger partial charge in [-0.05, 0) is 19.4 Å². The van der Waals surface area contributed by atoms with E-state index in [1.165, 1.54) is 12.8 Å². The normalized spacial score (nSPS) is 21.4. The molecule has 0 bridgehead atoms. The van der Waals surface area contributed by atoms with Gasteiger partial charge >= 0.3 is 0 Å². The van der Waals surface area contributed by atoms with Crippen LogP contribution in [0.5, 0.6) is 0 Å². The number of hydrogen-bond donors (Lipinski definition) is 2. The van der Waals surface area contributed by atoms with E-state index in [2.05, 4.69) is 20.7 Å². The number of nitrogens with zero attached hydrogens (tertiary/aromatic N) is 2. The van der Waals surface area contributed by atoms with Crippen LogP contribution in [0.1, 0.15) is 24.5 Å². The minimum atomic E-state index is 0. The highest BCUT2D eigenvalue weighted by atomic mass is 35.5. The molecule has 1 atom stereocenters. The maximum absolute atomic E-state index is 4.06. The monoisotopic (exact) mass is 224 g/mol. The summed E-state index contributed by atoms with van der Waals surface area (Å²) in [5.74, 6) is 0.572. The Bertz CT molecular complexity index is 208. The molecule has 0 radical (unpaired) electrons. The van der Waals surface area contributed by atoms with Gasteiger partial charge < -0.3 is 5.32 Å². The Morgan fingerprint density at radius 1 is 1.38 bits per heavy atom. The summed E-state index contributed by atoms with van der Waals surface area (Å²) in [4.78, 5) is 0. The molecule has 1 saturated heterocycles. The summed E-state index contributed by atoms with van der Waals surface area (Å²) >= 11 is 0. The van der Waals surface area contributed by atoms with Gasteiger partial charge in [0.1, 0.15) is 0 Å². The number of piperidine rings is 1. The smallest absolute Gasteiger partial charge is 0.0868 e. The van der Waals surface area contributed by atoms with Crippen LogP contribution in [0, 0.1) is 0 Å². The van der Waals surface area contributed by atoms with Crippen LogP contribution in [0.4, 0.5) is 0 Å². The van der Waals surface area contributed by atoms with Gasteiger partial charge in [-0.2, -0.15) is 15.4 Å². The molecule has 0 amide bonds. The lowest BCUT2D eigenvalue weighted by Crippen LogP contribution is -2.28. The van der Waals surface area contributed by atoms with E-state index in [4.69, 9.17) is 0 Å². The van der Waals surface area contributed by atoms with Gasteiger partial charge in [0, 0.05) is 12.5 Å². The summed E-state index contributed by atoms with van der Waals surface area (Å²) in [7, 11) is 0. The average molecular weight is 225 g/mol. The van der Waals surface area contributed by atoms with E-state index >= 15 is 0 Å². The molecule has 1 unspecified atom stereocenters. The lowest BCUT2D eigenvalue weighted by molar-refractivity contribution is 0.454. The molecule has 0 aliphatic carbocycles. The minimum absolute atomic E-state index is 0. The van der Waals surface area contributed by atoms with Crippen molar-refractivity contribution in [1.82, 2.24) is 20.7 Å². The van der Waals surface area contributed by atoms with Gasteiger partial charge in [-0.15, -0.1) is 24.8 Å². The van der Waals surface area contributed by atoms with Crippen LogP contribution in [0.15, 0.2) is 6.20 Å². The summed E-state index contributed by atoms with van der Waals surface area (Å²) in [5, 5.41) is 13.8. The van der Waals surface area contributed by atoms with E-state index < -0.39 is 0 Å². The predicted molar refractivity (Wildman–Crippen MR) is 55.7 cm³/mol. The molecule has 0 saturated carbocycles. The van der Waals surface area contributed by atoms with Crippen molar-refractivity contribution in [3.05, 3.63) is 11.9 Å². The number of aromatic amines is 1. The molecule has 4 nitrogen and oxygen atoms in total. The molecule has 1 aromatic rings. The summed E-state index contributed by atoms with van der Waals surface area (Å²) in [6, 6.07) is 0. The van der Waals surface area contributed by atoms with Crippen molar-refractivity contribution in [2.45, 2.75) is 18.8 Å². The number of H-pyrrole nitrogens is 1. The predicted octanol–water partition coefficient (Wildman–Crippen LogP) is 1.12. The summed E-state index contributed by atoms with van der Waals surface area (Å²) in [5.41, 5.74) is 1.09. The molecule has 0 aromatic carbocycles. The first kappa shape index (κ1) is 12.7. The number of rotatable bonds is 1. The van der Waals surface area contributed by atoms with Crippen LogP contribution < -0.4 is 5.32 Å². The fraction of sp³-hybridized carbons (Fsp3) is 0.714. The van der Waals surface area contributed by atoms with Crippen LogP contribution in [-0.2, 0) is 0 Å². The largest absolute Gasteiger partial charge is 0.316 e. The van der Waals surface area contributed by atoms with Gasteiger partial charge in [-0.25, -0.2) is 0 Å². The molecule has 0 spiro atoms.